The van der Waals surface area contributed by atoms with Crippen molar-refractivity contribution in [1.29, 1.82) is 0 Å². The highest BCUT2D eigenvalue weighted by Crippen LogP contribution is 2.51. The Morgan fingerprint density at radius 1 is 0.792 bits per heavy atom. The maximum Gasteiger partial charge on any atom is 0.185 e. The number of ether oxygens (including phenoxy) is 2. The van der Waals surface area contributed by atoms with Gasteiger partial charge in [-0.3, -0.25) is 5.26 Å². The van der Waals surface area contributed by atoms with Gasteiger partial charge < -0.3 is 9.47 Å². The van der Waals surface area contributed by atoms with Crippen LogP contribution < -0.4 is 9.47 Å². The largest absolute Gasteiger partial charge is 0.497 e. The van der Waals surface area contributed by atoms with Crippen LogP contribution in [-0.2, 0) is 10.5 Å². The Morgan fingerprint density at radius 3 is 1.83 bits per heavy atom. The average molecular weight is 320 g/mol. The first-order valence-electron chi connectivity index (χ1n) is 7.63. The standard InChI is InChI=1S/C20H16O4/c1-22-15-12-10-14(11-13-15)20(24-21)16-6-2-4-8-18(16)23-19-9-5-3-7-17(19)20/h2-13,21H,1H3. The molecule has 3 aromatic rings. The SMILES string of the molecule is COc1ccc(C2(OO)c3ccccc3Oc3ccccc32)cc1. The molecule has 3 aromatic carbocycles. The molecule has 0 spiro atoms. The lowest BCUT2D eigenvalue weighted by molar-refractivity contribution is -0.303. The van der Waals surface area contributed by atoms with E-state index in [1.54, 1.807) is 7.11 Å². The molecule has 4 rings (SSSR count). The molecule has 0 aromatic heterocycles. The van der Waals surface area contributed by atoms with Crippen LogP contribution in [0.2, 0.25) is 0 Å². The molecule has 120 valence electrons. The fourth-order valence-electron chi connectivity index (χ4n) is 3.24. The highest BCUT2D eigenvalue weighted by molar-refractivity contribution is 5.61. The number of methoxy groups -OCH3 is 1. The lowest BCUT2D eigenvalue weighted by Crippen LogP contribution is -2.34. The second-order valence-corrected chi connectivity index (χ2v) is 5.60. The predicted molar refractivity (Wildman–Crippen MR) is 89.5 cm³/mol. The third kappa shape index (κ3) is 2.01. The minimum absolute atomic E-state index is 0.654. The number of fused-ring (bicyclic) bond motifs is 2. The Labute approximate surface area is 139 Å². The van der Waals surface area contributed by atoms with E-state index in [4.69, 9.17) is 14.4 Å². The van der Waals surface area contributed by atoms with Crippen molar-refractivity contribution in [2.45, 2.75) is 5.60 Å². The third-order valence-corrected chi connectivity index (χ3v) is 4.39. The van der Waals surface area contributed by atoms with Crippen molar-refractivity contribution in [2.24, 2.45) is 0 Å². The van der Waals surface area contributed by atoms with Gasteiger partial charge in [-0.1, -0.05) is 48.5 Å². The first kappa shape index (κ1) is 14.8. The molecule has 1 aliphatic heterocycles. The van der Waals surface area contributed by atoms with Crippen LogP contribution in [0.15, 0.2) is 72.8 Å². The van der Waals surface area contributed by atoms with E-state index in [0.29, 0.717) is 11.5 Å². The van der Waals surface area contributed by atoms with Crippen molar-refractivity contribution in [1.82, 2.24) is 0 Å². The molecule has 1 aliphatic rings. The number of para-hydroxylation sites is 2. The average Bonchev–Trinajstić information content (AvgIpc) is 2.66. The molecular formula is C20H16O4. The molecule has 0 radical (unpaired) electrons. The summed E-state index contributed by atoms with van der Waals surface area (Å²) in [6.07, 6.45) is 0. The molecule has 1 heterocycles. The molecule has 0 saturated carbocycles. The lowest BCUT2D eigenvalue weighted by atomic mass is 9.78. The van der Waals surface area contributed by atoms with Gasteiger partial charge in [-0.15, -0.1) is 0 Å². The number of benzene rings is 3. The van der Waals surface area contributed by atoms with Gasteiger partial charge in [0, 0.05) is 11.1 Å². The quantitative estimate of drug-likeness (QED) is 0.567. The Bertz CT molecular complexity index is 825. The van der Waals surface area contributed by atoms with Gasteiger partial charge in [-0.25, -0.2) is 4.89 Å². The van der Waals surface area contributed by atoms with E-state index in [0.717, 1.165) is 22.4 Å². The maximum atomic E-state index is 10.0. The van der Waals surface area contributed by atoms with Crippen LogP contribution >= 0.6 is 0 Å². The molecular weight excluding hydrogens is 304 g/mol. The van der Waals surface area contributed by atoms with Crippen LogP contribution in [0.25, 0.3) is 0 Å². The van der Waals surface area contributed by atoms with Gasteiger partial charge in [0.05, 0.1) is 7.11 Å². The molecule has 0 saturated heterocycles. The smallest absolute Gasteiger partial charge is 0.185 e. The molecule has 0 amide bonds. The van der Waals surface area contributed by atoms with E-state index in [-0.39, 0.29) is 0 Å². The molecule has 4 heteroatoms. The number of hydrogen-bond donors (Lipinski definition) is 1. The van der Waals surface area contributed by atoms with Crippen molar-refractivity contribution < 1.29 is 19.6 Å². The highest BCUT2D eigenvalue weighted by Gasteiger charge is 2.45. The fraction of sp³-hybridized carbons (Fsp3) is 0.100. The maximum absolute atomic E-state index is 10.0. The Morgan fingerprint density at radius 2 is 1.33 bits per heavy atom. The van der Waals surface area contributed by atoms with E-state index in [2.05, 4.69) is 0 Å². The second-order valence-electron chi connectivity index (χ2n) is 5.60. The van der Waals surface area contributed by atoms with Crippen LogP contribution in [0.4, 0.5) is 0 Å². The summed E-state index contributed by atoms with van der Waals surface area (Å²) >= 11 is 0. The van der Waals surface area contributed by atoms with Gasteiger partial charge in [-0.2, -0.15) is 0 Å². The van der Waals surface area contributed by atoms with Gasteiger partial charge >= 0.3 is 0 Å². The van der Waals surface area contributed by atoms with Crippen LogP contribution in [0.3, 0.4) is 0 Å². The van der Waals surface area contributed by atoms with Gasteiger partial charge in [0.25, 0.3) is 0 Å². The highest BCUT2D eigenvalue weighted by atomic mass is 17.1. The lowest BCUT2D eigenvalue weighted by Gasteiger charge is -2.37. The summed E-state index contributed by atoms with van der Waals surface area (Å²) in [4.78, 5) is 5.17. The first-order chi connectivity index (χ1) is 11.8. The fourth-order valence-corrected chi connectivity index (χ4v) is 3.24. The second kappa shape index (κ2) is 5.67. The van der Waals surface area contributed by atoms with Gasteiger partial charge in [0.15, 0.2) is 5.60 Å². The summed E-state index contributed by atoms with van der Waals surface area (Å²) in [5, 5.41) is 10.0. The molecule has 0 fully saturated rings. The van der Waals surface area contributed by atoms with E-state index >= 15 is 0 Å². The Balaban J connectivity index is 2.02. The molecule has 0 aliphatic carbocycles. The molecule has 24 heavy (non-hydrogen) atoms. The van der Waals surface area contributed by atoms with Crippen LogP contribution in [0, 0.1) is 0 Å². The molecule has 0 unspecified atom stereocenters. The van der Waals surface area contributed by atoms with Crippen LogP contribution in [-0.4, -0.2) is 12.4 Å². The zero-order valence-electron chi connectivity index (χ0n) is 13.1. The van der Waals surface area contributed by atoms with Crippen molar-refractivity contribution in [3.8, 4) is 17.2 Å². The van der Waals surface area contributed by atoms with Gasteiger partial charge in [-0.05, 0) is 29.8 Å². The van der Waals surface area contributed by atoms with Crippen molar-refractivity contribution in [3.05, 3.63) is 89.5 Å². The van der Waals surface area contributed by atoms with E-state index in [9.17, 15) is 5.26 Å². The topological polar surface area (TPSA) is 47.9 Å². The van der Waals surface area contributed by atoms with E-state index < -0.39 is 5.60 Å². The minimum Gasteiger partial charge on any atom is -0.497 e. The minimum atomic E-state index is -1.16. The third-order valence-electron chi connectivity index (χ3n) is 4.39. The molecule has 0 atom stereocenters. The van der Waals surface area contributed by atoms with Crippen molar-refractivity contribution in [3.63, 3.8) is 0 Å². The summed E-state index contributed by atoms with van der Waals surface area (Å²) in [6, 6.07) is 22.5. The van der Waals surface area contributed by atoms with Crippen LogP contribution in [0.5, 0.6) is 17.2 Å². The van der Waals surface area contributed by atoms with Gasteiger partial charge in [0.1, 0.15) is 17.2 Å². The zero-order chi connectivity index (χ0) is 16.6. The van der Waals surface area contributed by atoms with Crippen LogP contribution in [0.1, 0.15) is 16.7 Å². The number of rotatable bonds is 3. The summed E-state index contributed by atoms with van der Waals surface area (Å²) in [6.45, 7) is 0. The van der Waals surface area contributed by atoms with Crippen molar-refractivity contribution >= 4 is 0 Å². The summed E-state index contributed by atoms with van der Waals surface area (Å²) in [7, 11) is 1.62. The van der Waals surface area contributed by atoms with Crippen molar-refractivity contribution in [2.75, 3.05) is 7.11 Å². The number of hydrogen-bond acceptors (Lipinski definition) is 4. The first-order valence-corrected chi connectivity index (χ1v) is 7.63. The van der Waals surface area contributed by atoms with E-state index in [1.807, 2.05) is 72.8 Å². The Hall–Kier alpha value is -2.82. The summed E-state index contributed by atoms with van der Waals surface area (Å²) in [5.41, 5.74) is 1.12. The normalized spacial score (nSPS) is 14.2. The Kier molecular flexibility index (Phi) is 3.49. The molecule has 1 N–H and O–H groups in total. The molecule has 0 bridgehead atoms. The predicted octanol–water partition coefficient (Wildman–Crippen LogP) is 4.58. The van der Waals surface area contributed by atoms with E-state index in [1.165, 1.54) is 0 Å². The monoisotopic (exact) mass is 320 g/mol. The zero-order valence-corrected chi connectivity index (χ0v) is 13.1. The summed E-state index contributed by atoms with van der Waals surface area (Å²) in [5.74, 6) is 2.04. The molecule has 4 nitrogen and oxygen atoms in total. The summed E-state index contributed by atoms with van der Waals surface area (Å²) < 4.78 is 11.2. The van der Waals surface area contributed by atoms with Gasteiger partial charge in [0.2, 0.25) is 0 Å².